The quantitative estimate of drug-likeness (QED) is 0.123. The molecule has 10 aromatic rings. The maximum Gasteiger partial charge on any atom is 2.00 e. The van der Waals surface area contributed by atoms with Crippen LogP contribution < -0.4 is 9.80 Å². The second-order valence-electron chi connectivity index (χ2n) is 17.0. The van der Waals surface area contributed by atoms with Crippen molar-refractivity contribution < 1.29 is 73.8 Å². The van der Waals surface area contributed by atoms with Gasteiger partial charge in [0.1, 0.15) is 0 Å². The minimum absolute atomic E-state index is 0. The number of anilines is 2. The second-order valence-corrected chi connectivity index (χ2v) is 17.0. The maximum atomic E-state index is 14.5. The van der Waals surface area contributed by atoms with Gasteiger partial charge in [0.15, 0.2) is 0 Å². The van der Waals surface area contributed by atoms with Gasteiger partial charge >= 0.3 is 45.8 Å². The normalized spacial score (nSPS) is 12.3. The molecule has 0 bridgehead atoms. The third-order valence-corrected chi connectivity index (χ3v) is 11.9. The molecular formula is C54H36F12N6Pt. The summed E-state index contributed by atoms with van der Waals surface area (Å²) in [5.74, 6) is 0. The van der Waals surface area contributed by atoms with E-state index in [1.807, 2.05) is 0 Å². The maximum absolute atomic E-state index is 14.5. The van der Waals surface area contributed by atoms with Crippen molar-refractivity contribution in [3.63, 3.8) is 0 Å². The number of fused-ring (bicyclic) bond motifs is 6. The van der Waals surface area contributed by atoms with E-state index in [0.29, 0.717) is 55.0 Å². The Hall–Kier alpha value is -7.33. The van der Waals surface area contributed by atoms with Crippen LogP contribution in [0.1, 0.15) is 22.3 Å². The van der Waals surface area contributed by atoms with Gasteiger partial charge in [-0.25, -0.2) is 0 Å². The number of alkyl halides is 12. The molecule has 73 heavy (non-hydrogen) atoms. The smallest absolute Gasteiger partial charge is 0.378 e. The average molecular weight is 1190 g/mol. The van der Waals surface area contributed by atoms with Crippen molar-refractivity contribution in [2.75, 3.05) is 38.0 Å². The summed E-state index contributed by atoms with van der Waals surface area (Å²) >= 11 is 0. The number of pyridine rings is 2. The van der Waals surface area contributed by atoms with E-state index in [1.54, 1.807) is 147 Å². The molecule has 0 N–H and O–H groups in total. The van der Waals surface area contributed by atoms with Gasteiger partial charge in [-0.15, -0.1) is 35.4 Å². The van der Waals surface area contributed by atoms with Crippen LogP contribution in [0.15, 0.2) is 146 Å². The molecule has 6 nitrogen and oxygen atoms in total. The van der Waals surface area contributed by atoms with Crippen molar-refractivity contribution >= 4 is 55.0 Å². The number of hydrogen-bond acceptors (Lipinski definition) is 4. The van der Waals surface area contributed by atoms with E-state index in [9.17, 15) is 52.7 Å². The summed E-state index contributed by atoms with van der Waals surface area (Å²) in [4.78, 5) is 11.7. The molecule has 10 rings (SSSR count). The van der Waals surface area contributed by atoms with Crippen molar-refractivity contribution in [2.24, 2.45) is 0 Å². The SMILES string of the molecule is CN(C)c1ccnc(-c2[c-]c(C(F)(F)F)cc(C(F)(F)F)c2-n2c3ccccc3c3ccccc32)c1.CN(C)c1ccnc(-c2[c-]c(C(F)(F)F)cc(C(F)(F)F)c2-n2c3ccccc3c3ccccc32)c1.[Pt+2]. The zero-order valence-electron chi connectivity index (χ0n) is 38.4. The van der Waals surface area contributed by atoms with Crippen molar-refractivity contribution in [3.8, 4) is 33.9 Å². The van der Waals surface area contributed by atoms with Crippen molar-refractivity contribution in [3.05, 3.63) is 180 Å². The first-order chi connectivity index (χ1) is 33.9. The summed E-state index contributed by atoms with van der Waals surface area (Å²) < 4.78 is 172. The van der Waals surface area contributed by atoms with Gasteiger partial charge in [0.25, 0.3) is 0 Å². The van der Waals surface area contributed by atoms with Crippen LogP contribution in [0.5, 0.6) is 0 Å². The summed E-state index contributed by atoms with van der Waals surface area (Å²) in [6.07, 6.45) is -17.6. The molecule has 4 heterocycles. The Kier molecular flexibility index (Phi) is 13.7. The Morgan fingerprint density at radius 3 is 0.945 bits per heavy atom. The Labute approximate surface area is 423 Å². The number of hydrogen-bond donors (Lipinski definition) is 0. The number of aromatic nitrogens is 4. The largest absolute Gasteiger partial charge is 2.00 e. The molecule has 4 aromatic heterocycles. The zero-order valence-corrected chi connectivity index (χ0v) is 40.7. The van der Waals surface area contributed by atoms with Crippen LogP contribution in [0.3, 0.4) is 0 Å². The molecule has 0 aliphatic carbocycles. The molecule has 0 aliphatic rings. The van der Waals surface area contributed by atoms with Crippen LogP contribution >= 0.6 is 0 Å². The van der Waals surface area contributed by atoms with Gasteiger partial charge < -0.3 is 28.9 Å². The van der Waals surface area contributed by atoms with Crippen LogP contribution in [-0.2, 0) is 45.8 Å². The summed E-state index contributed by atoms with van der Waals surface area (Å²) in [6, 6.07) is 38.2. The molecule has 0 spiro atoms. The molecule has 0 amide bonds. The molecule has 0 saturated heterocycles. The molecule has 0 unspecified atom stereocenters. The van der Waals surface area contributed by atoms with Crippen molar-refractivity contribution in [1.82, 2.24) is 19.1 Å². The topological polar surface area (TPSA) is 42.1 Å². The third-order valence-electron chi connectivity index (χ3n) is 11.9. The number of para-hydroxylation sites is 4. The van der Waals surface area contributed by atoms with E-state index in [1.165, 1.54) is 33.7 Å². The molecule has 0 atom stereocenters. The fourth-order valence-corrected chi connectivity index (χ4v) is 8.72. The van der Waals surface area contributed by atoms with Crippen molar-refractivity contribution in [2.45, 2.75) is 24.7 Å². The summed E-state index contributed by atoms with van der Waals surface area (Å²) in [5.41, 5.74) is -4.93. The first-order valence-corrected chi connectivity index (χ1v) is 21.7. The Morgan fingerprint density at radius 2 is 0.685 bits per heavy atom. The first kappa shape index (κ1) is 52.0. The van der Waals surface area contributed by atoms with Gasteiger partial charge in [-0.05, 0) is 81.4 Å². The molecule has 0 saturated carbocycles. The van der Waals surface area contributed by atoms with E-state index in [2.05, 4.69) is 22.1 Å². The number of halogens is 12. The van der Waals surface area contributed by atoms with Gasteiger partial charge in [-0.1, -0.05) is 84.9 Å². The summed E-state index contributed by atoms with van der Waals surface area (Å²) in [5, 5.41) is 2.67. The predicted octanol–water partition coefficient (Wildman–Crippen LogP) is 15.5. The second kappa shape index (κ2) is 19.3. The minimum Gasteiger partial charge on any atom is -0.378 e. The first-order valence-electron chi connectivity index (χ1n) is 21.7. The van der Waals surface area contributed by atoms with E-state index in [0.717, 1.165) is 0 Å². The van der Waals surface area contributed by atoms with Gasteiger partial charge in [0, 0.05) is 95.6 Å². The van der Waals surface area contributed by atoms with E-state index < -0.39 is 69.5 Å². The van der Waals surface area contributed by atoms with Crippen LogP contribution in [-0.4, -0.2) is 47.3 Å². The molecule has 0 aliphatic heterocycles. The molecule has 6 aromatic carbocycles. The fraction of sp³-hybridized carbons (Fsp3) is 0.148. The summed E-state index contributed by atoms with van der Waals surface area (Å²) in [7, 11) is 6.85. The molecular weight excluding hydrogens is 1160 g/mol. The van der Waals surface area contributed by atoms with E-state index in [-0.39, 0.29) is 44.6 Å². The minimum atomic E-state index is -5.09. The molecule has 19 heteroatoms. The van der Waals surface area contributed by atoms with Crippen LogP contribution in [0.4, 0.5) is 64.1 Å². The van der Waals surface area contributed by atoms with E-state index >= 15 is 0 Å². The predicted molar refractivity (Wildman–Crippen MR) is 254 cm³/mol. The molecule has 0 radical (unpaired) electrons. The van der Waals surface area contributed by atoms with Crippen LogP contribution in [0.25, 0.3) is 77.5 Å². The van der Waals surface area contributed by atoms with Gasteiger partial charge in [0.2, 0.25) is 0 Å². The molecule has 376 valence electrons. The molecule has 0 fully saturated rings. The summed E-state index contributed by atoms with van der Waals surface area (Å²) in [6.45, 7) is 0. The zero-order chi connectivity index (χ0) is 51.7. The Bertz CT molecular complexity index is 3330. The number of nitrogens with zero attached hydrogens (tertiary/aromatic N) is 6. The van der Waals surface area contributed by atoms with Gasteiger partial charge in [-0.3, -0.25) is 0 Å². The fourth-order valence-electron chi connectivity index (χ4n) is 8.72. The van der Waals surface area contributed by atoms with Crippen LogP contribution in [0, 0.1) is 12.1 Å². The average Bonchev–Trinajstić information content (AvgIpc) is 3.85. The standard InChI is InChI=1S/2C27H18F6N3.Pt/c2*1-35(2)17-11-12-34-22(15-17)20-13-16(26(28,29)30)14-21(27(31,32)33)25(20)36-23-9-5-3-7-18(23)19-8-4-6-10-24(19)36;/h2*3-12,14-15H,1-2H3;/q2*-1;+2. The van der Waals surface area contributed by atoms with Crippen molar-refractivity contribution in [1.29, 1.82) is 0 Å². The van der Waals surface area contributed by atoms with Gasteiger partial charge in [0.05, 0.1) is 0 Å². The Balaban J connectivity index is 0.000000192. The number of rotatable bonds is 6. The van der Waals surface area contributed by atoms with E-state index in [4.69, 9.17) is 0 Å². The third kappa shape index (κ3) is 9.84. The number of benzene rings is 6. The van der Waals surface area contributed by atoms with Gasteiger partial charge in [-0.2, -0.15) is 52.7 Å². The Morgan fingerprint density at radius 1 is 0.397 bits per heavy atom. The van der Waals surface area contributed by atoms with Crippen LogP contribution in [0.2, 0.25) is 0 Å². The monoisotopic (exact) mass is 1190 g/mol.